The van der Waals surface area contributed by atoms with Crippen LogP contribution < -0.4 is 5.32 Å². The highest BCUT2D eigenvalue weighted by Crippen LogP contribution is 2.23. The third-order valence-electron chi connectivity index (χ3n) is 2.68. The fraction of sp³-hybridized carbons (Fsp3) is 0.143. The molecule has 19 heavy (non-hydrogen) atoms. The van der Waals surface area contributed by atoms with Gasteiger partial charge in [0.05, 0.1) is 12.6 Å². The molecule has 0 aliphatic heterocycles. The van der Waals surface area contributed by atoms with Crippen LogP contribution in [0.4, 0.5) is 18.9 Å². The lowest BCUT2D eigenvalue weighted by Crippen LogP contribution is -2.16. The average molecular weight is 267 g/mol. The van der Waals surface area contributed by atoms with Crippen LogP contribution in [-0.4, -0.2) is 11.7 Å². The Labute approximate surface area is 108 Å². The molecule has 1 unspecified atom stereocenters. The lowest BCUT2D eigenvalue weighted by atomic mass is 10.1. The van der Waals surface area contributed by atoms with Crippen molar-refractivity contribution in [1.29, 1.82) is 0 Å². The fourth-order valence-electron chi connectivity index (χ4n) is 1.78. The molecule has 0 fully saturated rings. The molecule has 0 saturated carbocycles. The van der Waals surface area contributed by atoms with Crippen molar-refractivity contribution in [3.05, 3.63) is 65.5 Å². The molecule has 0 aromatic heterocycles. The van der Waals surface area contributed by atoms with E-state index in [9.17, 15) is 18.3 Å². The van der Waals surface area contributed by atoms with E-state index < -0.39 is 30.1 Å². The number of hydrogen-bond acceptors (Lipinski definition) is 2. The molecule has 0 radical (unpaired) electrons. The molecule has 0 amide bonds. The molecule has 0 aliphatic rings. The summed E-state index contributed by atoms with van der Waals surface area (Å²) in [7, 11) is 0. The normalized spacial score (nSPS) is 12.2. The van der Waals surface area contributed by atoms with Crippen molar-refractivity contribution in [2.75, 3.05) is 11.9 Å². The molecule has 0 aliphatic carbocycles. The fourth-order valence-corrected chi connectivity index (χ4v) is 1.78. The lowest BCUT2D eigenvalue weighted by Gasteiger charge is -2.18. The third kappa shape index (κ3) is 3.26. The molecule has 0 spiro atoms. The number of halogens is 3. The molecule has 0 heterocycles. The highest BCUT2D eigenvalue weighted by atomic mass is 19.1. The van der Waals surface area contributed by atoms with Crippen LogP contribution >= 0.6 is 0 Å². The molecule has 2 rings (SSSR count). The Balaban J connectivity index is 2.27. The van der Waals surface area contributed by atoms with Crippen LogP contribution in [0.1, 0.15) is 11.6 Å². The molecule has 1 atom stereocenters. The van der Waals surface area contributed by atoms with Gasteiger partial charge in [-0.05, 0) is 36.4 Å². The van der Waals surface area contributed by atoms with Gasteiger partial charge in [-0.3, -0.25) is 0 Å². The summed E-state index contributed by atoms with van der Waals surface area (Å²) in [5.74, 6) is -1.69. The van der Waals surface area contributed by atoms with E-state index >= 15 is 0 Å². The first kappa shape index (κ1) is 13.4. The van der Waals surface area contributed by atoms with Gasteiger partial charge in [-0.25, -0.2) is 13.2 Å². The van der Waals surface area contributed by atoms with Gasteiger partial charge >= 0.3 is 0 Å². The van der Waals surface area contributed by atoms with Crippen LogP contribution in [0.25, 0.3) is 0 Å². The first-order chi connectivity index (χ1) is 9.10. The van der Waals surface area contributed by atoms with Crippen LogP contribution in [-0.2, 0) is 0 Å². The van der Waals surface area contributed by atoms with Crippen molar-refractivity contribution in [3.8, 4) is 0 Å². The summed E-state index contributed by atoms with van der Waals surface area (Å²) < 4.78 is 39.7. The summed E-state index contributed by atoms with van der Waals surface area (Å²) in [4.78, 5) is 0. The Morgan fingerprint density at radius 2 is 1.74 bits per heavy atom. The summed E-state index contributed by atoms with van der Waals surface area (Å²) in [6.45, 7) is -0.448. The standard InChI is InChI=1S/C14H12F3NO/c15-9-2-1-3-11(6-9)18-14(8-19)12-7-10(16)4-5-13(12)17/h1-7,14,18-19H,8H2. The number of rotatable bonds is 4. The molecule has 5 heteroatoms. The van der Waals surface area contributed by atoms with Gasteiger partial charge in [-0.1, -0.05) is 6.07 Å². The molecule has 2 aromatic rings. The van der Waals surface area contributed by atoms with E-state index in [4.69, 9.17) is 0 Å². The summed E-state index contributed by atoms with van der Waals surface area (Å²) in [5, 5.41) is 12.0. The maximum atomic E-state index is 13.6. The van der Waals surface area contributed by atoms with Crippen LogP contribution in [0, 0.1) is 17.5 Å². The largest absolute Gasteiger partial charge is 0.394 e. The number of hydrogen-bond donors (Lipinski definition) is 2. The number of nitrogens with one attached hydrogen (secondary N) is 1. The maximum Gasteiger partial charge on any atom is 0.128 e. The molecule has 0 saturated heterocycles. The Morgan fingerprint density at radius 1 is 1.00 bits per heavy atom. The maximum absolute atomic E-state index is 13.6. The summed E-state index contributed by atoms with van der Waals surface area (Å²) in [6.07, 6.45) is 0. The second kappa shape index (κ2) is 5.75. The second-order valence-corrected chi connectivity index (χ2v) is 4.06. The number of aliphatic hydroxyl groups excluding tert-OH is 1. The predicted octanol–water partition coefficient (Wildman–Crippen LogP) is 3.25. The number of anilines is 1. The molecule has 0 bridgehead atoms. The monoisotopic (exact) mass is 267 g/mol. The molecule has 2 aromatic carbocycles. The Bertz CT molecular complexity index is 574. The van der Waals surface area contributed by atoms with Gasteiger partial charge in [0.15, 0.2) is 0 Å². The molecule has 100 valence electrons. The van der Waals surface area contributed by atoms with Crippen molar-refractivity contribution in [1.82, 2.24) is 0 Å². The summed E-state index contributed by atoms with van der Waals surface area (Å²) in [5.41, 5.74) is 0.370. The van der Waals surface area contributed by atoms with Gasteiger partial charge in [0.25, 0.3) is 0 Å². The molecular weight excluding hydrogens is 255 g/mol. The van der Waals surface area contributed by atoms with Crippen LogP contribution in [0.3, 0.4) is 0 Å². The number of benzene rings is 2. The van der Waals surface area contributed by atoms with Gasteiger partial charge in [-0.15, -0.1) is 0 Å². The van der Waals surface area contributed by atoms with Crippen molar-refractivity contribution < 1.29 is 18.3 Å². The summed E-state index contributed by atoms with van der Waals surface area (Å²) in [6, 6.07) is 7.66. The quantitative estimate of drug-likeness (QED) is 0.891. The zero-order valence-electron chi connectivity index (χ0n) is 9.91. The first-order valence-corrected chi connectivity index (χ1v) is 5.68. The Hall–Kier alpha value is -2.01. The lowest BCUT2D eigenvalue weighted by molar-refractivity contribution is 0.273. The minimum absolute atomic E-state index is 0.00763. The van der Waals surface area contributed by atoms with Crippen LogP contribution in [0.2, 0.25) is 0 Å². The van der Waals surface area contributed by atoms with Crippen molar-refractivity contribution >= 4 is 5.69 Å². The van der Waals surface area contributed by atoms with E-state index in [1.54, 1.807) is 6.07 Å². The highest BCUT2D eigenvalue weighted by Gasteiger charge is 2.16. The smallest absolute Gasteiger partial charge is 0.128 e. The zero-order valence-corrected chi connectivity index (χ0v) is 9.91. The van der Waals surface area contributed by atoms with E-state index in [0.717, 1.165) is 18.2 Å². The Kier molecular flexibility index (Phi) is 4.06. The van der Waals surface area contributed by atoms with E-state index in [-0.39, 0.29) is 5.56 Å². The van der Waals surface area contributed by atoms with Gasteiger partial charge in [-0.2, -0.15) is 0 Å². The van der Waals surface area contributed by atoms with E-state index in [2.05, 4.69) is 5.32 Å². The summed E-state index contributed by atoms with van der Waals surface area (Å²) >= 11 is 0. The van der Waals surface area contributed by atoms with Crippen LogP contribution in [0.5, 0.6) is 0 Å². The number of aliphatic hydroxyl groups is 1. The van der Waals surface area contributed by atoms with Gasteiger partial charge < -0.3 is 10.4 Å². The van der Waals surface area contributed by atoms with Crippen LogP contribution in [0.15, 0.2) is 42.5 Å². The van der Waals surface area contributed by atoms with E-state index in [1.807, 2.05) is 0 Å². The van der Waals surface area contributed by atoms with Crippen molar-refractivity contribution in [2.24, 2.45) is 0 Å². The second-order valence-electron chi connectivity index (χ2n) is 4.06. The SMILES string of the molecule is OCC(Nc1cccc(F)c1)c1cc(F)ccc1F. The van der Waals surface area contributed by atoms with Gasteiger partial charge in [0.2, 0.25) is 0 Å². The van der Waals surface area contributed by atoms with E-state index in [1.165, 1.54) is 18.2 Å². The minimum atomic E-state index is -0.850. The topological polar surface area (TPSA) is 32.3 Å². The highest BCUT2D eigenvalue weighted by molar-refractivity contribution is 5.46. The third-order valence-corrected chi connectivity index (χ3v) is 2.68. The molecule has 2 N–H and O–H groups in total. The molecule has 2 nitrogen and oxygen atoms in total. The van der Waals surface area contributed by atoms with Crippen molar-refractivity contribution in [3.63, 3.8) is 0 Å². The zero-order chi connectivity index (χ0) is 13.8. The van der Waals surface area contributed by atoms with Gasteiger partial charge in [0.1, 0.15) is 17.5 Å². The van der Waals surface area contributed by atoms with Crippen molar-refractivity contribution in [2.45, 2.75) is 6.04 Å². The Morgan fingerprint density at radius 3 is 2.42 bits per heavy atom. The first-order valence-electron chi connectivity index (χ1n) is 5.68. The molecular formula is C14H12F3NO. The van der Waals surface area contributed by atoms with E-state index in [0.29, 0.717) is 5.69 Å². The van der Waals surface area contributed by atoms with Gasteiger partial charge in [0, 0.05) is 11.3 Å². The average Bonchev–Trinajstić information content (AvgIpc) is 2.39. The predicted molar refractivity (Wildman–Crippen MR) is 66.2 cm³/mol. The minimum Gasteiger partial charge on any atom is -0.394 e.